The second-order valence-electron chi connectivity index (χ2n) is 3.54. The van der Waals surface area contributed by atoms with Crippen LogP contribution < -0.4 is 0 Å². The van der Waals surface area contributed by atoms with Gasteiger partial charge in [-0.3, -0.25) is 0 Å². The van der Waals surface area contributed by atoms with E-state index in [-0.39, 0.29) is 0 Å². The van der Waals surface area contributed by atoms with Crippen molar-refractivity contribution in [3.8, 4) is 0 Å². The van der Waals surface area contributed by atoms with Gasteiger partial charge in [0, 0.05) is 0 Å². The van der Waals surface area contributed by atoms with Gasteiger partial charge in [-0.15, -0.1) is 0 Å². The fraction of sp³-hybridized carbons (Fsp3) is 1.00. The summed E-state index contributed by atoms with van der Waals surface area (Å²) >= 11 is 0. The maximum atomic E-state index is 12.9. The molecule has 0 amide bonds. The van der Waals surface area contributed by atoms with Crippen molar-refractivity contribution in [3.63, 3.8) is 0 Å². The summed E-state index contributed by atoms with van der Waals surface area (Å²) in [5.41, 5.74) is 0. The third-order valence-corrected chi connectivity index (χ3v) is 2.06. The lowest BCUT2D eigenvalue weighted by Gasteiger charge is -2.26. The van der Waals surface area contributed by atoms with Crippen LogP contribution in [0.3, 0.4) is 0 Å². The Labute approximate surface area is 96.8 Å². The van der Waals surface area contributed by atoms with Gasteiger partial charge in [-0.25, -0.2) is 30.7 Å². The fourth-order valence-corrected chi connectivity index (χ4v) is 1.01. The molecule has 0 aromatic carbocycles. The summed E-state index contributed by atoms with van der Waals surface area (Å²) in [4.78, 5) is 0. The standard InChI is InChI=1S/C8H11F7O3/c9-1-2(10)3(11)4(12)5(13)6(14)7(15)8(16,17)18/h2-7,16-18H,1H2. The molecule has 3 N–H and O–H groups in total. The minimum atomic E-state index is -4.31. The molecule has 10 heteroatoms. The topological polar surface area (TPSA) is 60.7 Å². The van der Waals surface area contributed by atoms with Gasteiger partial charge in [-0.05, 0) is 0 Å². The molecule has 18 heavy (non-hydrogen) atoms. The summed E-state index contributed by atoms with van der Waals surface area (Å²) in [5, 5.41) is 24.5. The van der Waals surface area contributed by atoms with Crippen molar-refractivity contribution in [3.05, 3.63) is 0 Å². The Balaban J connectivity index is 4.68. The smallest absolute Gasteiger partial charge is 0.311 e. The molecule has 0 saturated carbocycles. The van der Waals surface area contributed by atoms with Gasteiger partial charge in [0.15, 0.2) is 30.9 Å². The third kappa shape index (κ3) is 4.25. The van der Waals surface area contributed by atoms with Crippen LogP contribution in [0.15, 0.2) is 0 Å². The lowest BCUT2D eigenvalue weighted by Crippen LogP contribution is -2.51. The molecular weight excluding hydrogens is 277 g/mol. The van der Waals surface area contributed by atoms with E-state index in [1.807, 2.05) is 0 Å². The number of alkyl halides is 7. The highest BCUT2D eigenvalue weighted by Gasteiger charge is 2.49. The molecule has 6 atom stereocenters. The zero-order chi connectivity index (χ0) is 14.7. The lowest BCUT2D eigenvalue weighted by molar-refractivity contribution is -0.352. The zero-order valence-corrected chi connectivity index (χ0v) is 8.66. The number of aliphatic hydroxyl groups is 3. The summed E-state index contributed by atoms with van der Waals surface area (Å²) in [6.45, 7) is -2.01. The Morgan fingerprint density at radius 2 is 1.11 bits per heavy atom. The summed E-state index contributed by atoms with van der Waals surface area (Å²) in [7, 11) is 0. The molecule has 0 heterocycles. The molecule has 0 radical (unpaired) electrons. The van der Waals surface area contributed by atoms with Crippen LogP contribution in [0, 0.1) is 0 Å². The molecule has 0 rings (SSSR count). The quantitative estimate of drug-likeness (QED) is 0.475. The van der Waals surface area contributed by atoms with E-state index in [9.17, 15) is 30.7 Å². The molecular formula is C8H11F7O3. The number of hydrogen-bond acceptors (Lipinski definition) is 3. The van der Waals surface area contributed by atoms with Crippen LogP contribution in [-0.2, 0) is 0 Å². The first kappa shape index (κ1) is 17.4. The van der Waals surface area contributed by atoms with E-state index in [2.05, 4.69) is 0 Å². The van der Waals surface area contributed by atoms with Crippen LogP contribution in [0.1, 0.15) is 0 Å². The Morgan fingerprint density at radius 3 is 1.44 bits per heavy atom. The van der Waals surface area contributed by atoms with E-state index in [4.69, 9.17) is 15.3 Å². The van der Waals surface area contributed by atoms with Gasteiger partial charge in [-0.2, -0.15) is 0 Å². The van der Waals surface area contributed by atoms with Crippen LogP contribution in [-0.4, -0.2) is 65.0 Å². The molecule has 0 aromatic heterocycles. The zero-order valence-electron chi connectivity index (χ0n) is 8.66. The minimum absolute atomic E-state index is 2.01. The molecule has 3 nitrogen and oxygen atoms in total. The largest absolute Gasteiger partial charge is 0.341 e. The molecule has 0 spiro atoms. The summed E-state index contributed by atoms with van der Waals surface area (Å²) in [6.07, 6.45) is -21.1. The Hall–Kier alpha value is -0.610. The summed E-state index contributed by atoms with van der Waals surface area (Å²) in [6, 6.07) is 0. The molecule has 6 unspecified atom stereocenters. The van der Waals surface area contributed by atoms with E-state index in [1.54, 1.807) is 0 Å². The molecule has 0 aliphatic carbocycles. The van der Waals surface area contributed by atoms with Gasteiger partial charge < -0.3 is 15.3 Å². The lowest BCUT2D eigenvalue weighted by atomic mass is 10.0. The van der Waals surface area contributed by atoms with E-state index in [1.165, 1.54) is 0 Å². The van der Waals surface area contributed by atoms with Gasteiger partial charge in [0.1, 0.15) is 6.67 Å². The Kier molecular flexibility index (Phi) is 6.30. The SMILES string of the molecule is OC(O)(O)C(F)C(F)C(F)C(F)C(F)C(F)CF. The minimum Gasteiger partial charge on any atom is -0.341 e. The summed E-state index contributed by atoms with van der Waals surface area (Å²) < 4.78 is 87.7. The second kappa shape index (κ2) is 6.53. The van der Waals surface area contributed by atoms with E-state index in [0.717, 1.165) is 0 Å². The maximum Gasteiger partial charge on any atom is 0.311 e. The average Bonchev–Trinajstić information content (AvgIpc) is 2.31. The van der Waals surface area contributed by atoms with Crippen molar-refractivity contribution >= 4 is 0 Å². The number of halogens is 7. The first-order chi connectivity index (χ1) is 8.03. The highest BCUT2D eigenvalue weighted by molar-refractivity contribution is 4.90. The van der Waals surface area contributed by atoms with Crippen molar-refractivity contribution in [2.24, 2.45) is 0 Å². The predicted molar refractivity (Wildman–Crippen MR) is 44.7 cm³/mol. The third-order valence-electron chi connectivity index (χ3n) is 2.06. The van der Waals surface area contributed by atoms with Gasteiger partial charge >= 0.3 is 5.97 Å². The molecule has 0 saturated heterocycles. The number of hydrogen-bond donors (Lipinski definition) is 3. The van der Waals surface area contributed by atoms with Crippen molar-refractivity contribution in [1.29, 1.82) is 0 Å². The normalized spacial score (nSPS) is 23.0. The molecule has 0 aliphatic rings. The molecule has 110 valence electrons. The van der Waals surface area contributed by atoms with E-state index >= 15 is 0 Å². The van der Waals surface area contributed by atoms with Gasteiger partial charge in [0.05, 0.1) is 0 Å². The van der Waals surface area contributed by atoms with Crippen molar-refractivity contribution in [2.75, 3.05) is 6.67 Å². The van der Waals surface area contributed by atoms with Crippen LogP contribution in [0.4, 0.5) is 30.7 Å². The molecule has 0 aliphatic heterocycles. The molecule has 0 bridgehead atoms. The first-order valence-electron chi connectivity index (χ1n) is 4.61. The fourth-order valence-electron chi connectivity index (χ4n) is 1.01. The Bertz CT molecular complexity index is 249. The monoisotopic (exact) mass is 288 g/mol. The molecule has 0 aromatic rings. The van der Waals surface area contributed by atoms with E-state index in [0.29, 0.717) is 0 Å². The Morgan fingerprint density at radius 1 is 0.722 bits per heavy atom. The van der Waals surface area contributed by atoms with Crippen molar-refractivity contribution in [2.45, 2.75) is 43.0 Å². The molecule has 0 fully saturated rings. The average molecular weight is 288 g/mol. The second-order valence-corrected chi connectivity index (χ2v) is 3.54. The van der Waals surface area contributed by atoms with Gasteiger partial charge in [0.25, 0.3) is 0 Å². The maximum absolute atomic E-state index is 12.9. The highest BCUT2D eigenvalue weighted by atomic mass is 19.2. The summed E-state index contributed by atoms with van der Waals surface area (Å²) in [5.74, 6) is -4.31. The van der Waals surface area contributed by atoms with E-state index < -0.39 is 49.7 Å². The van der Waals surface area contributed by atoms with Crippen LogP contribution in [0.2, 0.25) is 0 Å². The van der Waals surface area contributed by atoms with Crippen LogP contribution in [0.5, 0.6) is 0 Å². The van der Waals surface area contributed by atoms with Crippen LogP contribution >= 0.6 is 0 Å². The van der Waals surface area contributed by atoms with Crippen LogP contribution in [0.25, 0.3) is 0 Å². The highest BCUT2D eigenvalue weighted by Crippen LogP contribution is 2.26. The van der Waals surface area contributed by atoms with Gasteiger partial charge in [0.2, 0.25) is 6.17 Å². The predicted octanol–water partition coefficient (Wildman–Crippen LogP) is 0.615. The van der Waals surface area contributed by atoms with Gasteiger partial charge in [-0.1, -0.05) is 0 Å². The van der Waals surface area contributed by atoms with Crippen molar-refractivity contribution < 1.29 is 46.1 Å². The first-order valence-corrected chi connectivity index (χ1v) is 4.61. The van der Waals surface area contributed by atoms with Crippen molar-refractivity contribution in [1.82, 2.24) is 0 Å². The number of rotatable bonds is 7.